The molecule has 9 heteroatoms. The van der Waals surface area contributed by atoms with Crippen LogP contribution >= 0.6 is 24.8 Å². The Kier molecular flexibility index (Phi) is 10.7. The first kappa shape index (κ1) is 25.1. The summed E-state index contributed by atoms with van der Waals surface area (Å²) < 4.78 is 13.0. The van der Waals surface area contributed by atoms with Gasteiger partial charge in [-0.2, -0.15) is 0 Å². The van der Waals surface area contributed by atoms with Crippen molar-refractivity contribution in [3.8, 4) is 0 Å². The smallest absolute Gasteiger partial charge is 0.256 e. The van der Waals surface area contributed by atoms with Gasteiger partial charge in [0.15, 0.2) is 5.60 Å². The summed E-state index contributed by atoms with van der Waals surface area (Å²) >= 11 is 0. The molecule has 0 spiro atoms. The van der Waals surface area contributed by atoms with E-state index in [0.717, 1.165) is 51.3 Å². The van der Waals surface area contributed by atoms with Gasteiger partial charge in [0.1, 0.15) is 5.82 Å². The first-order valence-electron chi connectivity index (χ1n) is 9.47. The van der Waals surface area contributed by atoms with Crippen molar-refractivity contribution in [2.75, 3.05) is 52.4 Å². The maximum absolute atomic E-state index is 13.0. The summed E-state index contributed by atoms with van der Waals surface area (Å²) in [5.74, 6) is -0.522. The summed E-state index contributed by atoms with van der Waals surface area (Å²) in [7, 11) is 0. The highest BCUT2D eigenvalue weighted by Gasteiger charge is 2.41. The number of rotatable bonds is 7. The highest BCUT2D eigenvalue weighted by atomic mass is 35.5. The number of amides is 1. The molecular weight excluding hydrogens is 406 g/mol. The van der Waals surface area contributed by atoms with Gasteiger partial charge in [-0.1, -0.05) is 12.1 Å². The molecule has 0 aromatic heterocycles. The molecule has 3 rings (SSSR count). The predicted molar refractivity (Wildman–Crippen MR) is 113 cm³/mol. The van der Waals surface area contributed by atoms with E-state index in [1.807, 2.05) is 0 Å². The van der Waals surface area contributed by atoms with Crippen molar-refractivity contribution in [3.05, 3.63) is 35.6 Å². The van der Waals surface area contributed by atoms with Crippen LogP contribution in [0.5, 0.6) is 0 Å². The zero-order valence-corrected chi connectivity index (χ0v) is 17.7. The van der Waals surface area contributed by atoms with E-state index in [1.165, 1.54) is 12.1 Å². The zero-order valence-electron chi connectivity index (χ0n) is 16.0. The highest BCUT2D eigenvalue weighted by Crippen LogP contribution is 2.23. The van der Waals surface area contributed by atoms with Crippen LogP contribution in [-0.2, 0) is 11.3 Å². The number of halogens is 3. The first-order chi connectivity index (χ1) is 12.6. The van der Waals surface area contributed by atoms with Crippen LogP contribution in [-0.4, -0.2) is 78.8 Å². The Labute approximate surface area is 178 Å². The third-order valence-electron chi connectivity index (χ3n) is 5.22. The van der Waals surface area contributed by atoms with Crippen LogP contribution in [0.25, 0.3) is 0 Å². The molecule has 1 aromatic rings. The van der Waals surface area contributed by atoms with E-state index in [-0.39, 0.29) is 43.1 Å². The number of aliphatic hydroxyl groups is 1. The second kappa shape index (κ2) is 11.9. The van der Waals surface area contributed by atoms with Crippen molar-refractivity contribution < 1.29 is 14.3 Å². The number of likely N-dealkylation sites (tertiary alicyclic amines) is 1. The summed E-state index contributed by atoms with van der Waals surface area (Å²) in [4.78, 5) is 16.8. The van der Waals surface area contributed by atoms with Gasteiger partial charge in [0.05, 0.1) is 0 Å². The van der Waals surface area contributed by atoms with E-state index >= 15 is 0 Å². The minimum absolute atomic E-state index is 0. The fourth-order valence-electron chi connectivity index (χ4n) is 3.66. The molecule has 0 bridgehead atoms. The molecule has 3 N–H and O–H groups in total. The van der Waals surface area contributed by atoms with E-state index in [1.54, 1.807) is 17.0 Å². The van der Waals surface area contributed by atoms with Gasteiger partial charge in [-0.3, -0.25) is 9.69 Å². The first-order valence-corrected chi connectivity index (χ1v) is 9.47. The Morgan fingerprint density at radius 2 is 1.82 bits per heavy atom. The maximum Gasteiger partial charge on any atom is 0.256 e. The molecule has 0 aliphatic carbocycles. The topological polar surface area (TPSA) is 67.8 Å². The third kappa shape index (κ3) is 6.83. The molecule has 0 saturated carbocycles. The van der Waals surface area contributed by atoms with Gasteiger partial charge in [0, 0.05) is 58.9 Å². The normalized spacial score (nSPS) is 23.1. The number of nitrogens with zero attached hydrogens (tertiary/aromatic N) is 2. The van der Waals surface area contributed by atoms with Crippen molar-refractivity contribution in [2.24, 2.45) is 0 Å². The lowest BCUT2D eigenvalue weighted by Crippen LogP contribution is -2.58. The van der Waals surface area contributed by atoms with Crippen molar-refractivity contribution in [2.45, 2.75) is 25.0 Å². The van der Waals surface area contributed by atoms with Crippen molar-refractivity contribution in [1.29, 1.82) is 0 Å². The lowest BCUT2D eigenvalue weighted by atomic mass is 9.91. The molecule has 6 nitrogen and oxygen atoms in total. The summed E-state index contributed by atoms with van der Waals surface area (Å²) in [6, 6.07) is 6.16. The van der Waals surface area contributed by atoms with E-state index in [4.69, 9.17) is 0 Å². The monoisotopic (exact) mass is 436 g/mol. The SMILES string of the molecule is Cl.Cl.O=C1N(Cc2ccc(F)cc2)CCCC1(O)CNCCN1CCNCC1. The molecule has 2 aliphatic rings. The minimum Gasteiger partial charge on any atom is -0.379 e. The Morgan fingerprint density at radius 3 is 2.50 bits per heavy atom. The number of piperazine rings is 1. The lowest BCUT2D eigenvalue weighted by Gasteiger charge is -2.38. The quantitative estimate of drug-likeness (QED) is 0.556. The molecule has 1 atom stereocenters. The second-order valence-corrected chi connectivity index (χ2v) is 7.26. The van der Waals surface area contributed by atoms with E-state index in [0.29, 0.717) is 19.5 Å². The summed E-state index contributed by atoms with van der Waals surface area (Å²) in [5.41, 5.74) is -0.475. The van der Waals surface area contributed by atoms with Gasteiger partial charge in [-0.15, -0.1) is 24.8 Å². The Hall–Kier alpha value is -0.960. The van der Waals surface area contributed by atoms with Crippen molar-refractivity contribution >= 4 is 30.7 Å². The third-order valence-corrected chi connectivity index (χ3v) is 5.22. The fraction of sp³-hybridized carbons (Fsp3) is 0.632. The molecule has 160 valence electrons. The standard InChI is InChI=1S/C19H29FN4O2.2ClH/c20-17-4-2-16(3-5-17)14-24-10-1-6-19(26,18(24)25)15-22-9-13-23-11-7-21-8-12-23;;/h2-5,21-22,26H,1,6-15H2;2*1H. The van der Waals surface area contributed by atoms with E-state index in [2.05, 4.69) is 15.5 Å². The van der Waals surface area contributed by atoms with Gasteiger partial charge in [0.25, 0.3) is 5.91 Å². The summed E-state index contributed by atoms with van der Waals surface area (Å²) in [6.07, 6.45) is 1.25. The highest BCUT2D eigenvalue weighted by molar-refractivity contribution is 5.86. The van der Waals surface area contributed by atoms with Gasteiger partial charge < -0.3 is 20.6 Å². The summed E-state index contributed by atoms with van der Waals surface area (Å²) in [6.45, 7) is 7.09. The second-order valence-electron chi connectivity index (χ2n) is 7.26. The zero-order chi connectivity index (χ0) is 18.4. The summed E-state index contributed by atoms with van der Waals surface area (Å²) in [5, 5.41) is 17.4. The Morgan fingerprint density at radius 1 is 1.14 bits per heavy atom. The van der Waals surface area contributed by atoms with E-state index < -0.39 is 5.60 Å². The maximum atomic E-state index is 13.0. The average Bonchev–Trinajstić information content (AvgIpc) is 2.66. The van der Waals surface area contributed by atoms with Crippen LogP contribution in [0.2, 0.25) is 0 Å². The average molecular weight is 437 g/mol. The number of hydrogen-bond donors (Lipinski definition) is 3. The molecule has 0 radical (unpaired) electrons. The number of nitrogens with one attached hydrogen (secondary N) is 2. The molecular formula is C19H31Cl2FN4O2. The van der Waals surface area contributed by atoms with Gasteiger partial charge >= 0.3 is 0 Å². The largest absolute Gasteiger partial charge is 0.379 e. The lowest BCUT2D eigenvalue weighted by molar-refractivity contribution is -0.157. The number of carbonyl (C=O) groups excluding carboxylic acids is 1. The Balaban J connectivity index is 0.00000196. The molecule has 1 amide bonds. The van der Waals surface area contributed by atoms with Crippen LogP contribution in [0.1, 0.15) is 18.4 Å². The van der Waals surface area contributed by atoms with Crippen LogP contribution in [0, 0.1) is 5.82 Å². The number of carbonyl (C=O) groups is 1. The number of hydrogen-bond acceptors (Lipinski definition) is 5. The molecule has 2 heterocycles. The van der Waals surface area contributed by atoms with Crippen LogP contribution in [0.4, 0.5) is 4.39 Å². The van der Waals surface area contributed by atoms with Crippen molar-refractivity contribution in [3.63, 3.8) is 0 Å². The van der Waals surface area contributed by atoms with Crippen LogP contribution in [0.3, 0.4) is 0 Å². The predicted octanol–water partition coefficient (Wildman–Crippen LogP) is 1.02. The molecule has 2 fully saturated rings. The van der Waals surface area contributed by atoms with E-state index in [9.17, 15) is 14.3 Å². The van der Waals surface area contributed by atoms with Crippen LogP contribution < -0.4 is 10.6 Å². The molecule has 1 aromatic carbocycles. The number of piperidine rings is 1. The molecule has 2 saturated heterocycles. The minimum atomic E-state index is -1.35. The van der Waals surface area contributed by atoms with Gasteiger partial charge in [0.2, 0.25) is 0 Å². The molecule has 28 heavy (non-hydrogen) atoms. The Bertz CT molecular complexity index is 602. The fourth-order valence-corrected chi connectivity index (χ4v) is 3.66. The van der Waals surface area contributed by atoms with Crippen molar-refractivity contribution in [1.82, 2.24) is 20.4 Å². The molecule has 2 aliphatic heterocycles. The van der Waals surface area contributed by atoms with Gasteiger partial charge in [-0.05, 0) is 30.5 Å². The molecule has 1 unspecified atom stereocenters. The van der Waals surface area contributed by atoms with Crippen LogP contribution in [0.15, 0.2) is 24.3 Å². The number of benzene rings is 1. The van der Waals surface area contributed by atoms with Gasteiger partial charge in [-0.25, -0.2) is 4.39 Å².